The Morgan fingerprint density at radius 1 is 1.33 bits per heavy atom. The summed E-state index contributed by atoms with van der Waals surface area (Å²) in [7, 11) is 1.63. The number of nitrogens with one attached hydrogen (secondary N) is 2. The van der Waals surface area contributed by atoms with Crippen LogP contribution in [0.4, 0.5) is 5.69 Å². The Hall–Kier alpha value is -1.63. The number of halogens is 1. The molecular formula is C17H26ClN3O3. The van der Waals surface area contributed by atoms with Gasteiger partial charge in [0.25, 0.3) is 0 Å². The standard InChI is InChI=1S/C17H25N3O3.ClH/c1-23-10-8-18-12-16(21)19-15-6-4-5-14(11-15)13-20-9-3-2-7-17(20)22;/h4-6,11,18H,2-3,7-10,12-13H2,1H3,(H,19,21);1H. The first-order valence-corrected chi connectivity index (χ1v) is 8.05. The first-order valence-electron chi connectivity index (χ1n) is 8.05. The molecule has 0 radical (unpaired) electrons. The lowest BCUT2D eigenvalue weighted by atomic mass is 10.1. The van der Waals surface area contributed by atoms with Gasteiger partial charge in [-0.15, -0.1) is 12.4 Å². The summed E-state index contributed by atoms with van der Waals surface area (Å²) in [6.45, 7) is 2.89. The van der Waals surface area contributed by atoms with Gasteiger partial charge >= 0.3 is 0 Å². The molecule has 0 unspecified atom stereocenters. The predicted molar refractivity (Wildman–Crippen MR) is 96.3 cm³/mol. The van der Waals surface area contributed by atoms with Gasteiger partial charge in [0.05, 0.1) is 13.2 Å². The van der Waals surface area contributed by atoms with Gasteiger partial charge in [0.2, 0.25) is 11.8 Å². The van der Waals surface area contributed by atoms with Crippen LogP contribution in [0.25, 0.3) is 0 Å². The van der Waals surface area contributed by atoms with Crippen LogP contribution >= 0.6 is 12.4 Å². The van der Waals surface area contributed by atoms with Gasteiger partial charge in [-0.25, -0.2) is 0 Å². The predicted octanol–water partition coefficient (Wildman–Crippen LogP) is 1.80. The molecule has 1 fully saturated rings. The Morgan fingerprint density at radius 2 is 2.17 bits per heavy atom. The third-order valence-corrected chi connectivity index (χ3v) is 3.77. The van der Waals surface area contributed by atoms with Gasteiger partial charge in [-0.05, 0) is 30.5 Å². The van der Waals surface area contributed by atoms with E-state index in [1.807, 2.05) is 29.2 Å². The van der Waals surface area contributed by atoms with Crippen molar-refractivity contribution >= 4 is 29.9 Å². The summed E-state index contributed by atoms with van der Waals surface area (Å²) in [5.74, 6) is 0.125. The van der Waals surface area contributed by atoms with Gasteiger partial charge in [-0.1, -0.05) is 12.1 Å². The van der Waals surface area contributed by atoms with E-state index in [2.05, 4.69) is 10.6 Å². The van der Waals surface area contributed by atoms with Gasteiger partial charge in [-0.2, -0.15) is 0 Å². The van der Waals surface area contributed by atoms with Crippen LogP contribution in [0.3, 0.4) is 0 Å². The van der Waals surface area contributed by atoms with Crippen molar-refractivity contribution in [3.8, 4) is 0 Å². The van der Waals surface area contributed by atoms with Gasteiger partial charge in [0, 0.05) is 38.9 Å². The second-order valence-electron chi connectivity index (χ2n) is 5.69. The number of piperidine rings is 1. The van der Waals surface area contributed by atoms with Crippen LogP contribution in [0.2, 0.25) is 0 Å². The van der Waals surface area contributed by atoms with Crippen molar-refractivity contribution in [2.45, 2.75) is 25.8 Å². The lowest BCUT2D eigenvalue weighted by molar-refractivity contribution is -0.133. The third kappa shape index (κ3) is 6.86. The number of carbonyl (C=O) groups excluding carboxylic acids is 2. The summed E-state index contributed by atoms with van der Waals surface area (Å²) in [4.78, 5) is 25.6. The van der Waals surface area contributed by atoms with E-state index in [0.29, 0.717) is 26.1 Å². The van der Waals surface area contributed by atoms with Crippen LogP contribution in [0.15, 0.2) is 24.3 Å². The normalized spacial score (nSPS) is 14.2. The third-order valence-electron chi connectivity index (χ3n) is 3.77. The zero-order chi connectivity index (χ0) is 16.5. The highest BCUT2D eigenvalue weighted by Gasteiger charge is 2.18. The van der Waals surface area contributed by atoms with Crippen LogP contribution in [-0.2, 0) is 20.9 Å². The summed E-state index contributed by atoms with van der Waals surface area (Å²) in [5, 5.41) is 5.86. The van der Waals surface area contributed by atoms with Crippen LogP contribution in [0.1, 0.15) is 24.8 Å². The number of anilines is 1. The summed E-state index contributed by atoms with van der Waals surface area (Å²) in [6, 6.07) is 7.66. The molecule has 0 bridgehead atoms. The molecular weight excluding hydrogens is 330 g/mol. The molecule has 7 heteroatoms. The average molecular weight is 356 g/mol. The first kappa shape index (κ1) is 20.4. The van der Waals surface area contributed by atoms with Crippen LogP contribution in [0, 0.1) is 0 Å². The highest BCUT2D eigenvalue weighted by Crippen LogP contribution is 2.17. The van der Waals surface area contributed by atoms with Crippen molar-refractivity contribution in [1.29, 1.82) is 0 Å². The Morgan fingerprint density at radius 3 is 2.92 bits per heavy atom. The van der Waals surface area contributed by atoms with Crippen molar-refractivity contribution in [2.24, 2.45) is 0 Å². The minimum Gasteiger partial charge on any atom is -0.383 e. The van der Waals surface area contributed by atoms with Crippen molar-refractivity contribution in [3.63, 3.8) is 0 Å². The molecule has 1 saturated heterocycles. The smallest absolute Gasteiger partial charge is 0.238 e. The number of nitrogens with zero attached hydrogens (tertiary/aromatic N) is 1. The first-order chi connectivity index (χ1) is 11.2. The quantitative estimate of drug-likeness (QED) is 0.697. The number of methoxy groups -OCH3 is 1. The second-order valence-corrected chi connectivity index (χ2v) is 5.69. The van der Waals surface area contributed by atoms with E-state index in [0.717, 1.165) is 30.6 Å². The minimum atomic E-state index is -0.0905. The van der Waals surface area contributed by atoms with Crippen LogP contribution < -0.4 is 10.6 Å². The largest absolute Gasteiger partial charge is 0.383 e. The average Bonchev–Trinajstić information content (AvgIpc) is 2.54. The van der Waals surface area contributed by atoms with Gasteiger partial charge in [0.15, 0.2) is 0 Å². The topological polar surface area (TPSA) is 70.7 Å². The van der Waals surface area contributed by atoms with Crippen molar-refractivity contribution < 1.29 is 14.3 Å². The highest BCUT2D eigenvalue weighted by atomic mass is 35.5. The highest BCUT2D eigenvalue weighted by molar-refractivity contribution is 5.92. The molecule has 0 spiro atoms. The minimum absolute atomic E-state index is 0. The molecule has 6 nitrogen and oxygen atoms in total. The number of hydrogen-bond donors (Lipinski definition) is 2. The molecule has 1 aliphatic rings. The van der Waals surface area contributed by atoms with E-state index in [-0.39, 0.29) is 30.8 Å². The molecule has 1 aromatic carbocycles. The molecule has 0 aromatic heterocycles. The number of likely N-dealkylation sites (tertiary alicyclic amines) is 1. The summed E-state index contributed by atoms with van der Waals surface area (Å²) in [6.07, 6.45) is 2.69. The fraction of sp³-hybridized carbons (Fsp3) is 0.529. The Labute approximate surface area is 149 Å². The molecule has 134 valence electrons. The van der Waals surface area contributed by atoms with Crippen LogP contribution in [-0.4, -0.2) is 50.1 Å². The van der Waals surface area contributed by atoms with Gasteiger partial charge < -0.3 is 20.3 Å². The Bertz CT molecular complexity index is 540. The van der Waals surface area contributed by atoms with E-state index in [4.69, 9.17) is 4.74 Å². The Kier molecular flexibility index (Phi) is 9.37. The van der Waals surface area contributed by atoms with E-state index < -0.39 is 0 Å². The molecule has 0 aliphatic carbocycles. The molecule has 0 saturated carbocycles. The lowest BCUT2D eigenvalue weighted by Crippen LogP contribution is -2.34. The summed E-state index contributed by atoms with van der Waals surface area (Å²) < 4.78 is 4.91. The fourth-order valence-corrected chi connectivity index (χ4v) is 2.58. The number of carbonyl (C=O) groups is 2. The monoisotopic (exact) mass is 355 g/mol. The maximum atomic E-state index is 11.9. The SMILES string of the molecule is COCCNCC(=O)Nc1cccc(CN2CCCCC2=O)c1.Cl. The van der Waals surface area contributed by atoms with E-state index in [9.17, 15) is 9.59 Å². The molecule has 1 aliphatic heterocycles. The molecule has 24 heavy (non-hydrogen) atoms. The second kappa shape index (κ2) is 11.0. The molecule has 1 heterocycles. The summed E-state index contributed by atoms with van der Waals surface area (Å²) in [5.41, 5.74) is 1.79. The molecule has 1 aromatic rings. The zero-order valence-corrected chi connectivity index (χ0v) is 14.9. The molecule has 0 atom stereocenters. The Balaban J connectivity index is 0.00000288. The van der Waals surface area contributed by atoms with E-state index >= 15 is 0 Å². The summed E-state index contributed by atoms with van der Waals surface area (Å²) >= 11 is 0. The van der Waals surface area contributed by atoms with Gasteiger partial charge in [0.1, 0.15) is 0 Å². The molecule has 2 N–H and O–H groups in total. The maximum absolute atomic E-state index is 11.9. The maximum Gasteiger partial charge on any atom is 0.238 e. The lowest BCUT2D eigenvalue weighted by Gasteiger charge is -2.26. The van der Waals surface area contributed by atoms with Gasteiger partial charge in [-0.3, -0.25) is 9.59 Å². The van der Waals surface area contributed by atoms with Crippen molar-refractivity contribution in [3.05, 3.63) is 29.8 Å². The number of rotatable bonds is 8. The number of benzene rings is 1. The van der Waals surface area contributed by atoms with E-state index in [1.165, 1.54) is 0 Å². The molecule has 2 amide bonds. The molecule has 2 rings (SSSR count). The van der Waals surface area contributed by atoms with E-state index in [1.54, 1.807) is 7.11 Å². The van der Waals surface area contributed by atoms with Crippen LogP contribution in [0.5, 0.6) is 0 Å². The number of hydrogen-bond acceptors (Lipinski definition) is 4. The van der Waals surface area contributed by atoms with Crippen molar-refractivity contribution in [2.75, 3.05) is 38.7 Å². The number of amides is 2. The van der Waals surface area contributed by atoms with Crippen molar-refractivity contribution in [1.82, 2.24) is 10.2 Å². The zero-order valence-electron chi connectivity index (χ0n) is 14.0. The number of ether oxygens (including phenoxy) is 1. The fourth-order valence-electron chi connectivity index (χ4n) is 2.58.